The molecule has 1 aliphatic carbocycles. The molecule has 40 heavy (non-hydrogen) atoms. The maximum absolute atomic E-state index is 12.9. The van der Waals surface area contributed by atoms with Gasteiger partial charge in [0.1, 0.15) is 6.61 Å². The van der Waals surface area contributed by atoms with E-state index < -0.39 is 24.4 Å². The molecule has 5 rings (SSSR count). The van der Waals surface area contributed by atoms with E-state index in [-0.39, 0.29) is 24.9 Å². The van der Waals surface area contributed by atoms with Crippen molar-refractivity contribution in [2.75, 3.05) is 13.2 Å². The number of hydrogen-bond acceptors (Lipinski definition) is 5. The van der Waals surface area contributed by atoms with E-state index in [0.29, 0.717) is 16.1 Å². The molecule has 3 aromatic carbocycles. The molecule has 0 aromatic heterocycles. The van der Waals surface area contributed by atoms with Gasteiger partial charge in [-0.15, -0.1) is 0 Å². The van der Waals surface area contributed by atoms with Crippen LogP contribution in [0.2, 0.25) is 5.02 Å². The fourth-order valence-corrected chi connectivity index (χ4v) is 5.39. The van der Waals surface area contributed by atoms with Crippen molar-refractivity contribution in [3.05, 3.63) is 99.5 Å². The van der Waals surface area contributed by atoms with E-state index in [1.807, 2.05) is 64.1 Å². The van der Waals surface area contributed by atoms with Gasteiger partial charge in [-0.25, -0.2) is 4.79 Å². The minimum absolute atomic E-state index is 0.0321. The van der Waals surface area contributed by atoms with Crippen molar-refractivity contribution in [3.63, 3.8) is 0 Å². The molecule has 0 atom stereocenters. The highest BCUT2D eigenvalue weighted by atomic mass is 35.5. The lowest BCUT2D eigenvalue weighted by atomic mass is 9.77. The number of fused-ring (bicyclic) bond motifs is 3. The predicted octanol–water partition coefficient (Wildman–Crippen LogP) is 7.10. The van der Waals surface area contributed by atoms with E-state index >= 15 is 0 Å². The van der Waals surface area contributed by atoms with E-state index in [9.17, 15) is 9.59 Å². The third-order valence-corrected chi connectivity index (χ3v) is 8.39. The summed E-state index contributed by atoms with van der Waals surface area (Å²) in [5, 5.41) is 3.26. The Hall–Kier alpha value is -3.39. The topological polar surface area (TPSA) is 73.9 Å². The molecule has 8 heteroatoms. The van der Waals surface area contributed by atoms with Crippen LogP contribution in [0.1, 0.15) is 67.6 Å². The lowest BCUT2D eigenvalue weighted by molar-refractivity contribution is 0.00578. The molecular weight excluding hydrogens is 525 g/mol. The van der Waals surface area contributed by atoms with Crippen LogP contribution in [-0.2, 0) is 14.0 Å². The summed E-state index contributed by atoms with van der Waals surface area (Å²) in [5.41, 5.74) is 5.37. The average molecular weight is 558 g/mol. The number of ether oxygens (including phenoxy) is 1. The standard InChI is InChI=1S/C32H33BClNO5/c1-20(36)27-17-21(14-15-29(27)34)16-22(33-39-31(2,3)32(4,5)40-33)18-35-30(37)38-19-28-25-12-8-6-10-23(25)24-11-7-9-13-26(24)28/h6-17,28H,18-19H2,1-5H3,(H,35,37). The normalized spacial score (nSPS) is 17.4. The highest BCUT2D eigenvalue weighted by molar-refractivity contribution is 6.56. The first-order valence-electron chi connectivity index (χ1n) is 13.4. The van der Waals surface area contributed by atoms with Crippen LogP contribution in [0.4, 0.5) is 4.79 Å². The molecule has 0 unspecified atom stereocenters. The second-order valence-electron chi connectivity index (χ2n) is 11.3. The van der Waals surface area contributed by atoms with Crippen LogP contribution in [-0.4, -0.2) is 43.3 Å². The number of rotatable bonds is 7. The van der Waals surface area contributed by atoms with E-state index in [2.05, 4.69) is 29.6 Å². The van der Waals surface area contributed by atoms with Gasteiger partial charge in [0.15, 0.2) is 5.78 Å². The maximum atomic E-state index is 12.9. The van der Waals surface area contributed by atoms with Gasteiger partial charge in [0.25, 0.3) is 0 Å². The summed E-state index contributed by atoms with van der Waals surface area (Å²) in [6, 6.07) is 21.7. The van der Waals surface area contributed by atoms with E-state index in [1.165, 1.54) is 18.1 Å². The van der Waals surface area contributed by atoms with E-state index in [4.69, 9.17) is 25.6 Å². The van der Waals surface area contributed by atoms with Crippen molar-refractivity contribution in [2.45, 2.75) is 51.7 Å². The molecule has 0 radical (unpaired) electrons. The SMILES string of the molecule is CC(=O)c1cc(C=C(CNC(=O)OCC2c3ccccc3-c3ccccc32)B2OC(C)(C)C(C)(C)O2)ccc1Cl. The number of benzene rings is 3. The number of amides is 1. The minimum Gasteiger partial charge on any atom is -0.449 e. The molecule has 1 amide bonds. The van der Waals surface area contributed by atoms with Gasteiger partial charge in [0.05, 0.1) is 16.2 Å². The Balaban J connectivity index is 1.33. The molecule has 1 aliphatic heterocycles. The Morgan fingerprint density at radius 1 is 0.950 bits per heavy atom. The summed E-state index contributed by atoms with van der Waals surface area (Å²) in [7, 11) is -0.699. The number of alkyl carbamates (subject to hydrolysis) is 1. The van der Waals surface area contributed by atoms with Gasteiger partial charge in [0, 0.05) is 18.0 Å². The zero-order chi connectivity index (χ0) is 28.7. The largest absolute Gasteiger partial charge is 0.492 e. The van der Waals surface area contributed by atoms with Gasteiger partial charge in [-0.1, -0.05) is 72.3 Å². The first kappa shape index (κ1) is 28.2. The Bertz CT molecular complexity index is 1440. The fourth-order valence-electron chi connectivity index (χ4n) is 5.14. The monoisotopic (exact) mass is 557 g/mol. The first-order chi connectivity index (χ1) is 19.0. The lowest BCUT2D eigenvalue weighted by Gasteiger charge is -2.32. The van der Waals surface area contributed by atoms with Crippen LogP contribution in [0.15, 0.2) is 72.2 Å². The molecule has 6 nitrogen and oxygen atoms in total. The molecule has 206 valence electrons. The molecule has 3 aromatic rings. The summed E-state index contributed by atoms with van der Waals surface area (Å²) in [6.07, 6.45) is 1.32. The van der Waals surface area contributed by atoms with Crippen molar-refractivity contribution in [1.29, 1.82) is 0 Å². The zero-order valence-corrected chi connectivity index (χ0v) is 24.2. The number of carbonyl (C=O) groups excluding carboxylic acids is 2. The summed E-state index contributed by atoms with van der Waals surface area (Å²) in [4.78, 5) is 25.0. The first-order valence-corrected chi connectivity index (χ1v) is 13.8. The number of carbonyl (C=O) groups is 2. The van der Waals surface area contributed by atoms with Crippen molar-refractivity contribution in [2.24, 2.45) is 0 Å². The smallest absolute Gasteiger partial charge is 0.449 e. The molecule has 1 fully saturated rings. The van der Waals surface area contributed by atoms with Gasteiger partial charge >= 0.3 is 13.2 Å². The molecule has 0 saturated carbocycles. The molecule has 1 N–H and O–H groups in total. The van der Waals surface area contributed by atoms with Gasteiger partial charge in [-0.2, -0.15) is 0 Å². The minimum atomic E-state index is -0.699. The Kier molecular flexibility index (Phi) is 7.66. The van der Waals surface area contributed by atoms with Crippen molar-refractivity contribution >= 4 is 36.7 Å². The Labute approximate surface area is 240 Å². The second kappa shape index (κ2) is 10.9. The molecule has 1 heterocycles. The predicted molar refractivity (Wildman–Crippen MR) is 159 cm³/mol. The highest BCUT2D eigenvalue weighted by Gasteiger charge is 2.52. The van der Waals surface area contributed by atoms with Gasteiger partial charge in [-0.05, 0) is 80.0 Å². The highest BCUT2D eigenvalue weighted by Crippen LogP contribution is 2.44. The average Bonchev–Trinajstić information content (AvgIpc) is 3.35. The van der Waals surface area contributed by atoms with Gasteiger partial charge in [-0.3, -0.25) is 4.79 Å². The van der Waals surface area contributed by atoms with Gasteiger partial charge in [0.2, 0.25) is 0 Å². The molecule has 1 saturated heterocycles. The van der Waals surface area contributed by atoms with Crippen molar-refractivity contribution in [1.82, 2.24) is 5.32 Å². The summed E-state index contributed by atoms with van der Waals surface area (Å²) < 4.78 is 18.3. The lowest BCUT2D eigenvalue weighted by Crippen LogP contribution is -2.41. The van der Waals surface area contributed by atoms with Gasteiger partial charge < -0.3 is 19.4 Å². The van der Waals surface area contributed by atoms with Crippen molar-refractivity contribution in [3.8, 4) is 11.1 Å². The Morgan fingerprint density at radius 3 is 2.10 bits per heavy atom. The number of nitrogens with one attached hydrogen (secondary N) is 1. The van der Waals surface area contributed by atoms with Crippen LogP contribution in [0.3, 0.4) is 0 Å². The van der Waals surface area contributed by atoms with E-state index in [0.717, 1.165) is 16.7 Å². The maximum Gasteiger partial charge on any atom is 0.492 e. The third-order valence-electron chi connectivity index (χ3n) is 8.06. The number of halogens is 1. The second-order valence-corrected chi connectivity index (χ2v) is 11.7. The molecule has 2 aliphatic rings. The molecule has 0 bridgehead atoms. The quantitative estimate of drug-likeness (QED) is 0.248. The number of hydrogen-bond donors (Lipinski definition) is 1. The molecule has 0 spiro atoms. The third kappa shape index (κ3) is 5.46. The van der Waals surface area contributed by atoms with Crippen LogP contribution in [0, 0.1) is 0 Å². The summed E-state index contributed by atoms with van der Waals surface area (Å²) in [5.74, 6) is -0.162. The van der Waals surface area contributed by atoms with Crippen LogP contribution in [0.25, 0.3) is 17.2 Å². The number of Topliss-reactive ketones (excluding diaryl/α,β-unsaturated/α-hetero) is 1. The summed E-state index contributed by atoms with van der Waals surface area (Å²) in [6.45, 7) is 9.71. The summed E-state index contributed by atoms with van der Waals surface area (Å²) >= 11 is 6.22. The van der Waals surface area contributed by atoms with Crippen LogP contribution >= 0.6 is 11.6 Å². The van der Waals surface area contributed by atoms with Crippen LogP contribution < -0.4 is 5.32 Å². The number of ketones is 1. The fraction of sp³-hybridized carbons (Fsp3) is 0.312. The Morgan fingerprint density at radius 2 is 1.52 bits per heavy atom. The van der Waals surface area contributed by atoms with Crippen LogP contribution in [0.5, 0.6) is 0 Å². The van der Waals surface area contributed by atoms with E-state index in [1.54, 1.807) is 12.1 Å². The zero-order valence-electron chi connectivity index (χ0n) is 23.4. The van der Waals surface area contributed by atoms with Crippen molar-refractivity contribution < 1.29 is 23.6 Å². The molecular formula is C32H33BClNO5.